The van der Waals surface area contributed by atoms with Gasteiger partial charge in [0.2, 0.25) is 5.91 Å². The molecule has 138 valence electrons. The number of hydrogen-bond donors (Lipinski definition) is 1. The number of hydrogen-bond acceptors (Lipinski definition) is 5. The third-order valence-corrected chi connectivity index (χ3v) is 4.12. The second-order valence-electron chi connectivity index (χ2n) is 6.11. The van der Waals surface area contributed by atoms with Gasteiger partial charge in [0.1, 0.15) is 17.6 Å². The molecule has 7 heteroatoms. The molecule has 7 nitrogen and oxygen atoms in total. The molecule has 1 aromatic carbocycles. The third kappa shape index (κ3) is 4.20. The predicted molar refractivity (Wildman–Crippen MR) is 103 cm³/mol. The standard InChI is InChI=1S/C20H20N4O3/c1-13-10-11-21-18(12-13)22-20(26)14(2)24-19(25)9-8-17(23-24)15-4-6-16(27-3)7-5-15/h4-12,14H,1-3H3,(H,21,22,26). The molecule has 1 atom stereocenters. The van der Waals surface area contributed by atoms with E-state index in [1.807, 2.05) is 37.3 Å². The summed E-state index contributed by atoms with van der Waals surface area (Å²) >= 11 is 0. The average Bonchev–Trinajstić information content (AvgIpc) is 2.68. The lowest BCUT2D eigenvalue weighted by Crippen LogP contribution is -2.33. The highest BCUT2D eigenvalue weighted by Crippen LogP contribution is 2.20. The number of rotatable bonds is 5. The van der Waals surface area contributed by atoms with E-state index >= 15 is 0 Å². The molecule has 0 radical (unpaired) electrons. The van der Waals surface area contributed by atoms with Crippen molar-refractivity contribution in [2.45, 2.75) is 19.9 Å². The van der Waals surface area contributed by atoms with E-state index in [4.69, 9.17) is 4.74 Å². The first kappa shape index (κ1) is 18.3. The van der Waals surface area contributed by atoms with Crippen molar-refractivity contribution in [2.75, 3.05) is 12.4 Å². The summed E-state index contributed by atoms with van der Waals surface area (Å²) < 4.78 is 6.32. The highest BCUT2D eigenvalue weighted by molar-refractivity contribution is 5.92. The maximum Gasteiger partial charge on any atom is 0.267 e. The van der Waals surface area contributed by atoms with Crippen LogP contribution in [0.4, 0.5) is 5.82 Å². The van der Waals surface area contributed by atoms with Gasteiger partial charge in [-0.1, -0.05) is 0 Å². The van der Waals surface area contributed by atoms with Crippen molar-refractivity contribution in [2.24, 2.45) is 0 Å². The van der Waals surface area contributed by atoms with Gasteiger partial charge < -0.3 is 10.1 Å². The molecule has 0 aliphatic carbocycles. The smallest absolute Gasteiger partial charge is 0.267 e. The number of benzene rings is 1. The summed E-state index contributed by atoms with van der Waals surface area (Å²) in [6, 6.07) is 13.2. The molecule has 3 rings (SSSR count). The van der Waals surface area contributed by atoms with Crippen LogP contribution in [0.25, 0.3) is 11.3 Å². The minimum absolute atomic E-state index is 0.355. The first-order valence-corrected chi connectivity index (χ1v) is 8.46. The van der Waals surface area contributed by atoms with Crippen molar-refractivity contribution < 1.29 is 9.53 Å². The van der Waals surface area contributed by atoms with Crippen LogP contribution in [0.1, 0.15) is 18.5 Å². The number of pyridine rings is 1. The van der Waals surface area contributed by atoms with E-state index in [9.17, 15) is 9.59 Å². The molecule has 1 amide bonds. The van der Waals surface area contributed by atoms with E-state index in [0.717, 1.165) is 16.9 Å². The quantitative estimate of drug-likeness (QED) is 0.752. The minimum Gasteiger partial charge on any atom is -0.497 e. The molecule has 0 saturated heterocycles. The Morgan fingerprint density at radius 1 is 1.15 bits per heavy atom. The Bertz CT molecular complexity index is 1010. The van der Waals surface area contributed by atoms with Crippen molar-refractivity contribution in [3.05, 3.63) is 70.6 Å². The monoisotopic (exact) mass is 364 g/mol. The van der Waals surface area contributed by atoms with Crippen molar-refractivity contribution in [3.8, 4) is 17.0 Å². The van der Waals surface area contributed by atoms with Gasteiger partial charge in [0.05, 0.1) is 12.8 Å². The van der Waals surface area contributed by atoms with Crippen molar-refractivity contribution in [3.63, 3.8) is 0 Å². The van der Waals surface area contributed by atoms with Crippen LogP contribution in [-0.2, 0) is 4.79 Å². The van der Waals surface area contributed by atoms with Gasteiger partial charge in [-0.25, -0.2) is 9.67 Å². The molecule has 3 aromatic rings. The number of nitrogens with one attached hydrogen (secondary N) is 1. The van der Waals surface area contributed by atoms with Crippen LogP contribution >= 0.6 is 0 Å². The lowest BCUT2D eigenvalue weighted by Gasteiger charge is -2.15. The number of carbonyl (C=O) groups excluding carboxylic acids is 1. The van der Waals surface area contributed by atoms with Crippen LogP contribution in [0.3, 0.4) is 0 Å². The average molecular weight is 364 g/mol. The molecule has 0 spiro atoms. The van der Waals surface area contributed by atoms with Gasteiger partial charge in [-0.15, -0.1) is 0 Å². The predicted octanol–water partition coefficient (Wildman–Crippen LogP) is 2.82. The minimum atomic E-state index is -0.794. The Morgan fingerprint density at radius 3 is 2.56 bits per heavy atom. The molecule has 1 unspecified atom stereocenters. The maximum absolute atomic E-state index is 12.5. The Kier molecular flexibility index (Phi) is 5.30. The first-order valence-electron chi connectivity index (χ1n) is 8.46. The van der Waals surface area contributed by atoms with Crippen LogP contribution in [-0.4, -0.2) is 27.8 Å². The van der Waals surface area contributed by atoms with E-state index < -0.39 is 6.04 Å². The SMILES string of the molecule is COc1ccc(-c2ccc(=O)n(C(C)C(=O)Nc3cc(C)ccn3)n2)cc1. The molecule has 0 aliphatic rings. The van der Waals surface area contributed by atoms with E-state index in [1.165, 1.54) is 10.7 Å². The van der Waals surface area contributed by atoms with E-state index in [0.29, 0.717) is 11.5 Å². The molecular weight excluding hydrogens is 344 g/mol. The Morgan fingerprint density at radius 2 is 1.89 bits per heavy atom. The molecule has 0 fully saturated rings. The van der Waals surface area contributed by atoms with Crippen molar-refractivity contribution in [1.29, 1.82) is 0 Å². The highest BCUT2D eigenvalue weighted by Gasteiger charge is 2.18. The number of nitrogens with zero attached hydrogens (tertiary/aromatic N) is 3. The fraction of sp³-hybridized carbons (Fsp3) is 0.200. The fourth-order valence-corrected chi connectivity index (χ4v) is 2.56. The van der Waals surface area contributed by atoms with Crippen molar-refractivity contribution >= 4 is 11.7 Å². The molecule has 27 heavy (non-hydrogen) atoms. The molecule has 0 saturated carbocycles. The Labute approximate surface area is 156 Å². The fourth-order valence-electron chi connectivity index (χ4n) is 2.56. The molecule has 0 aliphatic heterocycles. The van der Waals surface area contributed by atoms with Crippen molar-refractivity contribution in [1.82, 2.24) is 14.8 Å². The number of amides is 1. The number of carbonyl (C=O) groups is 1. The zero-order valence-electron chi connectivity index (χ0n) is 15.3. The number of methoxy groups -OCH3 is 1. The summed E-state index contributed by atoms with van der Waals surface area (Å²) in [6.45, 7) is 3.53. The summed E-state index contributed by atoms with van der Waals surface area (Å²) in [5.74, 6) is 0.797. The van der Waals surface area contributed by atoms with Crippen LogP contribution < -0.4 is 15.6 Å². The van der Waals surface area contributed by atoms with Gasteiger partial charge >= 0.3 is 0 Å². The summed E-state index contributed by atoms with van der Waals surface area (Å²) in [5, 5.41) is 7.08. The van der Waals surface area contributed by atoms with Gasteiger partial charge in [0.15, 0.2) is 0 Å². The van der Waals surface area contributed by atoms with Gasteiger partial charge in [-0.05, 0) is 61.9 Å². The molecular formula is C20H20N4O3. The largest absolute Gasteiger partial charge is 0.497 e. The van der Waals surface area contributed by atoms with Gasteiger partial charge in [-0.3, -0.25) is 9.59 Å². The molecule has 2 aromatic heterocycles. The summed E-state index contributed by atoms with van der Waals surface area (Å²) in [4.78, 5) is 28.9. The number of ether oxygens (including phenoxy) is 1. The zero-order chi connectivity index (χ0) is 19.4. The van der Waals surface area contributed by atoms with Gasteiger partial charge in [0.25, 0.3) is 5.56 Å². The van der Waals surface area contributed by atoms with E-state index in [-0.39, 0.29) is 11.5 Å². The zero-order valence-corrected chi connectivity index (χ0v) is 15.3. The lowest BCUT2D eigenvalue weighted by atomic mass is 10.1. The summed E-state index contributed by atoms with van der Waals surface area (Å²) in [5.41, 5.74) is 2.03. The van der Waals surface area contributed by atoms with E-state index in [1.54, 1.807) is 32.4 Å². The summed E-state index contributed by atoms with van der Waals surface area (Å²) in [6.07, 6.45) is 1.62. The molecule has 2 heterocycles. The highest BCUT2D eigenvalue weighted by atomic mass is 16.5. The Balaban J connectivity index is 1.86. The normalized spacial score (nSPS) is 11.7. The number of aryl methyl sites for hydroxylation is 1. The molecule has 0 bridgehead atoms. The topological polar surface area (TPSA) is 86.1 Å². The van der Waals surface area contributed by atoms with Crippen LogP contribution in [0.5, 0.6) is 5.75 Å². The number of anilines is 1. The van der Waals surface area contributed by atoms with E-state index in [2.05, 4.69) is 15.4 Å². The van der Waals surface area contributed by atoms with Gasteiger partial charge in [-0.2, -0.15) is 5.10 Å². The number of aromatic nitrogens is 3. The van der Waals surface area contributed by atoms with Crippen LogP contribution in [0.15, 0.2) is 59.5 Å². The summed E-state index contributed by atoms with van der Waals surface area (Å²) in [7, 11) is 1.59. The second-order valence-corrected chi connectivity index (χ2v) is 6.11. The van der Waals surface area contributed by atoms with Crippen LogP contribution in [0.2, 0.25) is 0 Å². The van der Waals surface area contributed by atoms with Gasteiger partial charge in [0, 0.05) is 17.8 Å². The Hall–Kier alpha value is -3.48. The maximum atomic E-state index is 12.5. The lowest BCUT2D eigenvalue weighted by molar-refractivity contribution is -0.119. The second kappa shape index (κ2) is 7.82. The third-order valence-electron chi connectivity index (χ3n) is 4.12. The van der Waals surface area contributed by atoms with Crippen LogP contribution in [0, 0.1) is 6.92 Å². The molecule has 1 N–H and O–H groups in total. The first-order chi connectivity index (χ1) is 13.0.